The van der Waals surface area contributed by atoms with E-state index in [9.17, 15) is 13.2 Å². The molecule has 0 radical (unpaired) electrons. The molecule has 32 heavy (non-hydrogen) atoms. The Morgan fingerprint density at radius 1 is 1.09 bits per heavy atom. The number of nitrogens with zero attached hydrogens (tertiary/aromatic N) is 3. The summed E-state index contributed by atoms with van der Waals surface area (Å²) in [6.07, 6.45) is 0.567. The minimum Gasteiger partial charge on any atom is -0.325 e. The summed E-state index contributed by atoms with van der Waals surface area (Å²) in [5, 5.41) is 11.9. The first-order chi connectivity index (χ1) is 15.2. The normalized spacial score (nSPS) is 12.5. The van der Waals surface area contributed by atoms with Crippen molar-refractivity contribution in [1.29, 1.82) is 0 Å². The number of aromatic nitrogens is 3. The maximum atomic E-state index is 12.8. The maximum Gasteiger partial charge on any atom is 0.237 e. The lowest BCUT2D eigenvalue weighted by Gasteiger charge is -2.15. The number of hydrogen-bond acceptors (Lipinski definition) is 6. The topological polar surface area (TPSA) is 93.9 Å². The fourth-order valence-corrected chi connectivity index (χ4v) is 5.47. The molecular formula is C22H25ClN4O3S2. The van der Waals surface area contributed by atoms with Crippen molar-refractivity contribution >= 4 is 44.8 Å². The first-order valence-corrected chi connectivity index (χ1v) is 13.1. The largest absolute Gasteiger partial charge is 0.325 e. The molecule has 0 aliphatic heterocycles. The third-order valence-electron chi connectivity index (χ3n) is 4.83. The predicted octanol–water partition coefficient (Wildman–Crippen LogP) is 4.74. The Morgan fingerprint density at radius 2 is 1.75 bits per heavy atom. The second kappa shape index (κ2) is 10.5. The summed E-state index contributed by atoms with van der Waals surface area (Å²) in [6.45, 7) is 6.20. The van der Waals surface area contributed by atoms with Crippen LogP contribution in [0.2, 0.25) is 5.02 Å². The van der Waals surface area contributed by atoms with Gasteiger partial charge in [-0.2, -0.15) is 0 Å². The summed E-state index contributed by atoms with van der Waals surface area (Å²) < 4.78 is 27.4. The van der Waals surface area contributed by atoms with Crippen molar-refractivity contribution in [3.05, 3.63) is 64.9 Å². The number of thioether (sulfide) groups is 1. The van der Waals surface area contributed by atoms with E-state index in [0.717, 1.165) is 5.56 Å². The number of sulfone groups is 1. The van der Waals surface area contributed by atoms with Crippen molar-refractivity contribution in [2.45, 2.75) is 54.8 Å². The van der Waals surface area contributed by atoms with Crippen molar-refractivity contribution in [3.8, 4) is 0 Å². The van der Waals surface area contributed by atoms with E-state index in [2.05, 4.69) is 15.5 Å². The molecule has 0 spiro atoms. The number of carbonyl (C=O) groups is 1. The Balaban J connectivity index is 1.76. The molecular weight excluding hydrogens is 468 g/mol. The zero-order valence-electron chi connectivity index (χ0n) is 18.1. The van der Waals surface area contributed by atoms with E-state index in [1.54, 1.807) is 53.1 Å². The highest BCUT2D eigenvalue weighted by Gasteiger charge is 2.25. The van der Waals surface area contributed by atoms with Crippen LogP contribution in [0, 0.1) is 6.92 Å². The first kappa shape index (κ1) is 24.3. The van der Waals surface area contributed by atoms with E-state index in [1.807, 2.05) is 20.8 Å². The van der Waals surface area contributed by atoms with Gasteiger partial charge in [0.15, 0.2) is 15.0 Å². The molecule has 0 aliphatic carbocycles. The standard InChI is InChI=1S/C22H25ClN4O3S2/c1-4-19(21(28)24-17-10-8-16(23)9-11-17)31-22-26-25-20(27(22)5-2)14-32(29,30)18-12-6-15(3)7-13-18/h6-13,19H,4-5,14H2,1-3H3,(H,24,28). The Morgan fingerprint density at radius 3 is 2.34 bits per heavy atom. The van der Waals surface area contributed by atoms with Crippen LogP contribution in [0.4, 0.5) is 5.69 Å². The first-order valence-electron chi connectivity index (χ1n) is 10.2. The number of halogens is 1. The molecule has 7 nitrogen and oxygen atoms in total. The fourth-order valence-electron chi connectivity index (χ4n) is 3.03. The van der Waals surface area contributed by atoms with Crippen LogP contribution in [0.25, 0.3) is 0 Å². The molecule has 0 saturated heterocycles. The predicted molar refractivity (Wildman–Crippen MR) is 128 cm³/mol. The Labute approximate surface area is 197 Å². The van der Waals surface area contributed by atoms with Crippen LogP contribution >= 0.6 is 23.4 Å². The average molecular weight is 493 g/mol. The molecule has 0 saturated carbocycles. The van der Waals surface area contributed by atoms with Crippen LogP contribution in [0.3, 0.4) is 0 Å². The smallest absolute Gasteiger partial charge is 0.237 e. The minimum atomic E-state index is -3.57. The number of carbonyl (C=O) groups excluding carboxylic acids is 1. The molecule has 10 heteroatoms. The van der Waals surface area contributed by atoms with Crippen LogP contribution in [-0.2, 0) is 26.9 Å². The SMILES string of the molecule is CCC(Sc1nnc(CS(=O)(=O)c2ccc(C)cc2)n1CC)C(=O)Nc1ccc(Cl)cc1. The summed E-state index contributed by atoms with van der Waals surface area (Å²) in [7, 11) is -3.57. The van der Waals surface area contributed by atoms with E-state index in [-0.39, 0.29) is 16.6 Å². The number of aryl methyl sites for hydroxylation is 1. The van der Waals surface area contributed by atoms with Gasteiger partial charge in [-0.15, -0.1) is 10.2 Å². The van der Waals surface area contributed by atoms with Gasteiger partial charge in [0.2, 0.25) is 5.91 Å². The molecule has 1 heterocycles. The molecule has 0 fully saturated rings. The van der Waals surface area contributed by atoms with Gasteiger partial charge in [-0.05, 0) is 56.7 Å². The van der Waals surface area contributed by atoms with Gasteiger partial charge in [0.1, 0.15) is 11.6 Å². The number of hydrogen-bond donors (Lipinski definition) is 1. The Bertz CT molecular complexity index is 1180. The van der Waals surface area contributed by atoms with E-state index in [1.165, 1.54) is 11.8 Å². The summed E-state index contributed by atoms with van der Waals surface area (Å²) in [4.78, 5) is 13.0. The van der Waals surface area contributed by atoms with Crippen molar-refractivity contribution in [3.63, 3.8) is 0 Å². The lowest BCUT2D eigenvalue weighted by molar-refractivity contribution is -0.115. The second-order valence-electron chi connectivity index (χ2n) is 7.23. The molecule has 2 aromatic carbocycles. The third kappa shape index (κ3) is 5.90. The minimum absolute atomic E-state index is 0.167. The zero-order valence-corrected chi connectivity index (χ0v) is 20.5. The highest BCUT2D eigenvalue weighted by atomic mass is 35.5. The van der Waals surface area contributed by atoms with Gasteiger partial charge in [0, 0.05) is 17.3 Å². The summed E-state index contributed by atoms with van der Waals surface area (Å²) in [5.41, 5.74) is 1.64. The molecule has 1 N–H and O–H groups in total. The number of rotatable bonds is 9. The zero-order chi connectivity index (χ0) is 23.3. The second-order valence-corrected chi connectivity index (χ2v) is 10.8. The molecule has 1 amide bonds. The molecule has 3 rings (SSSR count). The van der Waals surface area contributed by atoms with Crippen molar-refractivity contribution < 1.29 is 13.2 Å². The van der Waals surface area contributed by atoms with Gasteiger partial charge in [-0.1, -0.05) is 48.0 Å². The van der Waals surface area contributed by atoms with Crippen LogP contribution in [0.5, 0.6) is 0 Å². The quantitative estimate of drug-likeness (QED) is 0.433. The van der Waals surface area contributed by atoms with E-state index in [0.29, 0.717) is 34.7 Å². The van der Waals surface area contributed by atoms with Crippen LogP contribution in [0.15, 0.2) is 58.6 Å². The van der Waals surface area contributed by atoms with Gasteiger partial charge in [0.05, 0.1) is 10.1 Å². The van der Waals surface area contributed by atoms with E-state index in [4.69, 9.17) is 11.6 Å². The lowest BCUT2D eigenvalue weighted by atomic mass is 10.2. The van der Waals surface area contributed by atoms with E-state index >= 15 is 0 Å². The van der Waals surface area contributed by atoms with E-state index < -0.39 is 15.1 Å². The number of nitrogens with one attached hydrogen (secondary N) is 1. The average Bonchev–Trinajstić information content (AvgIpc) is 3.14. The van der Waals surface area contributed by atoms with Crippen LogP contribution < -0.4 is 5.32 Å². The van der Waals surface area contributed by atoms with Crippen molar-refractivity contribution in [2.75, 3.05) is 5.32 Å². The van der Waals surface area contributed by atoms with Crippen LogP contribution in [0.1, 0.15) is 31.7 Å². The van der Waals surface area contributed by atoms with Gasteiger partial charge in [0.25, 0.3) is 0 Å². The summed E-state index contributed by atoms with van der Waals surface area (Å²) in [6, 6.07) is 13.6. The summed E-state index contributed by atoms with van der Waals surface area (Å²) >= 11 is 7.17. The molecule has 0 bridgehead atoms. The van der Waals surface area contributed by atoms with Gasteiger partial charge in [-0.3, -0.25) is 4.79 Å². The third-order valence-corrected chi connectivity index (χ3v) is 8.06. The van der Waals surface area contributed by atoms with Gasteiger partial charge in [-0.25, -0.2) is 8.42 Å². The highest BCUT2D eigenvalue weighted by molar-refractivity contribution is 8.00. The summed E-state index contributed by atoms with van der Waals surface area (Å²) in [5.74, 6) is -0.0755. The monoisotopic (exact) mass is 492 g/mol. The lowest BCUT2D eigenvalue weighted by Crippen LogP contribution is -2.25. The Kier molecular flexibility index (Phi) is 7.97. The molecule has 1 aromatic heterocycles. The Hall–Kier alpha value is -2.36. The number of anilines is 1. The number of benzene rings is 2. The molecule has 0 aliphatic rings. The molecule has 1 atom stereocenters. The maximum absolute atomic E-state index is 12.8. The molecule has 170 valence electrons. The molecule has 3 aromatic rings. The van der Waals surface area contributed by atoms with Gasteiger partial charge < -0.3 is 9.88 Å². The number of amides is 1. The van der Waals surface area contributed by atoms with Crippen molar-refractivity contribution in [1.82, 2.24) is 14.8 Å². The fraction of sp³-hybridized carbons (Fsp3) is 0.318. The van der Waals surface area contributed by atoms with Gasteiger partial charge >= 0.3 is 0 Å². The van der Waals surface area contributed by atoms with Crippen LogP contribution in [-0.4, -0.2) is 34.3 Å². The van der Waals surface area contributed by atoms with Crippen molar-refractivity contribution in [2.24, 2.45) is 0 Å². The highest BCUT2D eigenvalue weighted by Crippen LogP contribution is 2.27. The molecule has 1 unspecified atom stereocenters.